The van der Waals surface area contributed by atoms with Gasteiger partial charge in [0.25, 0.3) is 5.91 Å². The van der Waals surface area contributed by atoms with E-state index in [1.54, 1.807) is 19.2 Å². The molecule has 0 saturated carbocycles. The summed E-state index contributed by atoms with van der Waals surface area (Å²) < 4.78 is 12.1. The maximum Gasteiger partial charge on any atom is 0.266 e. The Balaban J connectivity index is 1.84. The fourth-order valence-corrected chi connectivity index (χ4v) is 3.49. The van der Waals surface area contributed by atoms with Gasteiger partial charge in [-0.15, -0.1) is 0 Å². The Bertz CT molecular complexity index is 1200. The van der Waals surface area contributed by atoms with Gasteiger partial charge >= 0.3 is 0 Å². The molecule has 3 rings (SSSR count). The number of methoxy groups -OCH3 is 1. The Morgan fingerprint density at radius 3 is 2.53 bits per heavy atom. The Morgan fingerprint density at radius 2 is 1.84 bits per heavy atom. The molecule has 0 atom stereocenters. The number of nitrogens with one attached hydrogen (secondary N) is 1. The predicted molar refractivity (Wildman–Crippen MR) is 130 cm³/mol. The van der Waals surface area contributed by atoms with Gasteiger partial charge in [-0.25, -0.2) is 0 Å². The molecule has 3 aromatic carbocycles. The lowest BCUT2D eigenvalue weighted by Crippen LogP contribution is -2.14. The molecule has 0 aromatic heterocycles. The summed E-state index contributed by atoms with van der Waals surface area (Å²) in [5, 5.41) is 12.4. The van der Waals surface area contributed by atoms with E-state index in [0.29, 0.717) is 33.8 Å². The average molecular weight is 491 g/mol. The van der Waals surface area contributed by atoms with Crippen molar-refractivity contribution >= 4 is 33.6 Å². The van der Waals surface area contributed by atoms with Crippen LogP contribution in [0.3, 0.4) is 0 Å². The molecule has 0 spiro atoms. The van der Waals surface area contributed by atoms with Gasteiger partial charge in [-0.1, -0.05) is 58.4 Å². The normalized spacial score (nSPS) is 10.9. The van der Waals surface area contributed by atoms with Crippen molar-refractivity contribution in [1.29, 1.82) is 5.26 Å². The van der Waals surface area contributed by atoms with Crippen LogP contribution in [0.2, 0.25) is 0 Å². The highest BCUT2D eigenvalue weighted by atomic mass is 79.9. The highest BCUT2D eigenvalue weighted by Crippen LogP contribution is 2.35. The Labute approximate surface area is 196 Å². The maximum atomic E-state index is 12.7. The molecule has 6 heteroatoms. The minimum atomic E-state index is -0.475. The highest BCUT2D eigenvalue weighted by Gasteiger charge is 2.15. The summed E-state index contributed by atoms with van der Waals surface area (Å²) in [7, 11) is 1.55. The number of carbonyl (C=O) groups is 1. The van der Waals surface area contributed by atoms with E-state index in [4.69, 9.17) is 9.47 Å². The number of aryl methyl sites for hydroxylation is 1. The minimum Gasteiger partial charge on any atom is -0.493 e. The van der Waals surface area contributed by atoms with Gasteiger partial charge in [0.1, 0.15) is 18.2 Å². The summed E-state index contributed by atoms with van der Waals surface area (Å²) in [5.74, 6) is 0.581. The van der Waals surface area contributed by atoms with E-state index in [1.165, 1.54) is 6.08 Å². The first kappa shape index (κ1) is 23.1. The number of ether oxygens (including phenoxy) is 2. The van der Waals surface area contributed by atoms with Gasteiger partial charge in [-0.3, -0.25) is 4.79 Å². The number of nitrogens with zero attached hydrogens (tertiary/aromatic N) is 1. The lowest BCUT2D eigenvalue weighted by molar-refractivity contribution is -0.112. The quantitative estimate of drug-likeness (QED) is 0.316. The third-order valence-corrected chi connectivity index (χ3v) is 5.72. The van der Waals surface area contributed by atoms with Crippen molar-refractivity contribution in [1.82, 2.24) is 0 Å². The number of halogens is 1. The number of amides is 1. The van der Waals surface area contributed by atoms with Crippen LogP contribution in [0.25, 0.3) is 6.08 Å². The first-order valence-corrected chi connectivity index (χ1v) is 10.8. The summed E-state index contributed by atoms with van der Waals surface area (Å²) in [6, 6.07) is 20.9. The van der Waals surface area contributed by atoms with Crippen molar-refractivity contribution in [2.24, 2.45) is 0 Å². The van der Waals surface area contributed by atoms with Crippen molar-refractivity contribution in [3.05, 3.63) is 93.0 Å². The van der Waals surface area contributed by atoms with Crippen molar-refractivity contribution in [2.45, 2.75) is 20.5 Å². The first-order valence-electron chi connectivity index (χ1n) is 9.96. The van der Waals surface area contributed by atoms with E-state index in [0.717, 1.165) is 16.7 Å². The van der Waals surface area contributed by atoms with Crippen LogP contribution in [0.15, 0.2) is 70.7 Å². The molecule has 1 N–H and O–H groups in total. The zero-order valence-corrected chi connectivity index (χ0v) is 19.7. The van der Waals surface area contributed by atoms with Crippen LogP contribution in [0.4, 0.5) is 5.69 Å². The molecule has 1 amide bonds. The van der Waals surface area contributed by atoms with Gasteiger partial charge in [0.2, 0.25) is 0 Å². The zero-order valence-electron chi connectivity index (χ0n) is 18.1. The number of benzene rings is 3. The molecule has 0 saturated heterocycles. The van der Waals surface area contributed by atoms with Crippen LogP contribution >= 0.6 is 15.9 Å². The van der Waals surface area contributed by atoms with E-state index in [9.17, 15) is 10.1 Å². The molecule has 0 radical (unpaired) electrons. The summed E-state index contributed by atoms with van der Waals surface area (Å²) >= 11 is 3.51. The summed E-state index contributed by atoms with van der Waals surface area (Å²) in [6.07, 6.45) is 1.52. The number of hydrogen-bond acceptors (Lipinski definition) is 4. The highest BCUT2D eigenvalue weighted by molar-refractivity contribution is 9.10. The molecule has 0 aliphatic rings. The molecule has 162 valence electrons. The summed E-state index contributed by atoms with van der Waals surface area (Å²) in [5.41, 5.74) is 4.33. The zero-order chi connectivity index (χ0) is 23.1. The monoisotopic (exact) mass is 490 g/mol. The van der Waals surface area contributed by atoms with Gasteiger partial charge in [0.05, 0.1) is 7.11 Å². The maximum absolute atomic E-state index is 12.7. The van der Waals surface area contributed by atoms with Gasteiger partial charge in [-0.05, 0) is 60.4 Å². The molecule has 0 fully saturated rings. The summed E-state index contributed by atoms with van der Waals surface area (Å²) in [6.45, 7) is 4.29. The molecular formula is C26H23BrN2O3. The van der Waals surface area contributed by atoms with Crippen LogP contribution in [-0.4, -0.2) is 13.0 Å². The van der Waals surface area contributed by atoms with Gasteiger partial charge < -0.3 is 14.8 Å². The first-order chi connectivity index (χ1) is 15.4. The Morgan fingerprint density at radius 1 is 1.09 bits per heavy atom. The third kappa shape index (κ3) is 5.57. The van der Waals surface area contributed by atoms with E-state index in [2.05, 4.69) is 21.2 Å². The number of nitriles is 1. The molecule has 32 heavy (non-hydrogen) atoms. The van der Waals surface area contributed by atoms with Crippen molar-refractivity contribution < 1.29 is 14.3 Å². The van der Waals surface area contributed by atoms with Gasteiger partial charge in [-0.2, -0.15) is 5.26 Å². The van der Waals surface area contributed by atoms with Gasteiger partial charge in [0, 0.05) is 10.2 Å². The molecule has 0 aliphatic carbocycles. The van der Waals surface area contributed by atoms with E-state index in [1.807, 2.05) is 68.4 Å². The standard InChI is InChI=1S/C26H23BrN2O3/c1-17-8-7-11-23(18(17)2)29-26(30)21(15-28)12-20-13-24(31-3)25(14-22(20)27)32-16-19-9-5-4-6-10-19/h4-14H,16H2,1-3H3,(H,29,30). The SMILES string of the molecule is COc1cc(C=C(C#N)C(=O)Nc2cccc(C)c2C)c(Br)cc1OCc1ccccc1. The van der Waals surface area contributed by atoms with Crippen LogP contribution in [0, 0.1) is 25.2 Å². The molecule has 0 unspecified atom stereocenters. The smallest absolute Gasteiger partial charge is 0.266 e. The molecule has 0 aliphatic heterocycles. The Kier molecular flexibility index (Phi) is 7.69. The van der Waals surface area contributed by atoms with Crippen LogP contribution in [0.1, 0.15) is 22.3 Å². The van der Waals surface area contributed by atoms with Crippen molar-refractivity contribution in [3.8, 4) is 17.6 Å². The third-order valence-electron chi connectivity index (χ3n) is 5.04. The van der Waals surface area contributed by atoms with Gasteiger partial charge in [0.15, 0.2) is 11.5 Å². The lowest BCUT2D eigenvalue weighted by atomic mass is 10.1. The second kappa shape index (κ2) is 10.7. The molecule has 0 heterocycles. The number of rotatable bonds is 7. The van der Waals surface area contributed by atoms with Crippen molar-refractivity contribution in [2.75, 3.05) is 12.4 Å². The topological polar surface area (TPSA) is 71.3 Å². The fraction of sp³-hybridized carbons (Fsp3) is 0.154. The average Bonchev–Trinajstić information content (AvgIpc) is 2.80. The predicted octanol–water partition coefficient (Wildman–Crippen LogP) is 6.20. The molecular weight excluding hydrogens is 468 g/mol. The van der Waals surface area contributed by atoms with Crippen molar-refractivity contribution in [3.63, 3.8) is 0 Å². The van der Waals surface area contributed by atoms with Crippen LogP contribution in [0.5, 0.6) is 11.5 Å². The second-order valence-electron chi connectivity index (χ2n) is 7.17. The second-order valence-corrected chi connectivity index (χ2v) is 8.02. The number of carbonyl (C=O) groups excluding carboxylic acids is 1. The largest absolute Gasteiger partial charge is 0.493 e. The summed E-state index contributed by atoms with van der Waals surface area (Å²) in [4.78, 5) is 12.7. The van der Waals surface area contributed by atoms with E-state index >= 15 is 0 Å². The molecule has 5 nitrogen and oxygen atoms in total. The fourth-order valence-electron chi connectivity index (χ4n) is 3.05. The molecule has 0 bridgehead atoms. The molecule has 3 aromatic rings. The number of anilines is 1. The Hall–Kier alpha value is -3.56. The lowest BCUT2D eigenvalue weighted by Gasteiger charge is -2.13. The minimum absolute atomic E-state index is 0.0217. The van der Waals surface area contributed by atoms with E-state index < -0.39 is 5.91 Å². The van der Waals surface area contributed by atoms with Crippen LogP contribution < -0.4 is 14.8 Å². The van der Waals surface area contributed by atoms with E-state index in [-0.39, 0.29) is 5.57 Å². The number of hydrogen-bond donors (Lipinski definition) is 1. The van der Waals surface area contributed by atoms with Crippen LogP contribution in [-0.2, 0) is 11.4 Å².